The standard InChI is InChI=1S/C27H29ClFN5O5/c1-27(2,38)13-39-16-6-7-20-17(10-16)19(12-33(20)25(30)36)32-26(37)34-21-8-15(21)9-22(34)24(35)31-11-14-4-3-5-18(28)23(14)29/h3-7,10,12,15,21-22,38H,8-9,11,13H2,1-2H3,(H2,30,36)(H,31,35)(H,32,37)/t15?,21?,22-/m0/s1. The minimum atomic E-state index is -1.06. The van der Waals surface area contributed by atoms with Crippen molar-refractivity contribution in [1.29, 1.82) is 0 Å². The average molecular weight is 558 g/mol. The van der Waals surface area contributed by atoms with Crippen molar-refractivity contribution in [2.24, 2.45) is 11.7 Å². The largest absolute Gasteiger partial charge is 0.491 e. The molecule has 5 N–H and O–H groups in total. The van der Waals surface area contributed by atoms with Crippen LogP contribution in [0.1, 0.15) is 32.3 Å². The Morgan fingerprint density at radius 2 is 2.00 bits per heavy atom. The van der Waals surface area contributed by atoms with E-state index in [1.165, 1.54) is 27.8 Å². The van der Waals surface area contributed by atoms with E-state index in [-0.39, 0.29) is 35.7 Å². The first-order valence-corrected chi connectivity index (χ1v) is 12.9. The van der Waals surface area contributed by atoms with Crippen LogP contribution in [0.5, 0.6) is 5.75 Å². The summed E-state index contributed by atoms with van der Waals surface area (Å²) < 4.78 is 21.1. The van der Waals surface area contributed by atoms with Gasteiger partial charge in [-0.3, -0.25) is 9.36 Å². The number of nitrogens with one attached hydrogen (secondary N) is 2. The van der Waals surface area contributed by atoms with Crippen molar-refractivity contribution < 1.29 is 28.6 Å². The third-order valence-corrected chi connectivity index (χ3v) is 7.27. The number of likely N-dealkylation sites (tertiary alicyclic amines) is 1. The Morgan fingerprint density at radius 3 is 2.72 bits per heavy atom. The summed E-state index contributed by atoms with van der Waals surface area (Å²) in [6.07, 6.45) is 2.71. The molecule has 3 aromatic rings. The quantitative estimate of drug-likeness (QED) is 0.350. The number of nitrogens with two attached hydrogens (primary N) is 1. The van der Waals surface area contributed by atoms with Crippen molar-refractivity contribution in [1.82, 2.24) is 14.8 Å². The van der Waals surface area contributed by atoms with Gasteiger partial charge in [0.15, 0.2) is 0 Å². The van der Waals surface area contributed by atoms with Crippen LogP contribution in [0.3, 0.4) is 0 Å². The Hall–Kier alpha value is -3.83. The van der Waals surface area contributed by atoms with Gasteiger partial charge in [0.1, 0.15) is 24.2 Å². The zero-order chi connectivity index (χ0) is 28.1. The molecule has 2 fully saturated rings. The van der Waals surface area contributed by atoms with Gasteiger partial charge in [-0.15, -0.1) is 0 Å². The smallest absolute Gasteiger partial charge is 0.323 e. The first kappa shape index (κ1) is 26.8. The van der Waals surface area contributed by atoms with Crippen LogP contribution in [0.2, 0.25) is 5.02 Å². The Morgan fingerprint density at radius 1 is 1.23 bits per heavy atom. The van der Waals surface area contributed by atoms with Gasteiger partial charge in [0.25, 0.3) is 0 Å². The van der Waals surface area contributed by atoms with Crippen LogP contribution in [0.15, 0.2) is 42.6 Å². The van der Waals surface area contributed by atoms with Crippen molar-refractivity contribution in [2.45, 2.75) is 50.9 Å². The highest BCUT2D eigenvalue weighted by Crippen LogP contribution is 2.48. The number of primary amides is 1. The van der Waals surface area contributed by atoms with Crippen LogP contribution in [-0.4, -0.2) is 56.8 Å². The Labute approximate surface area is 228 Å². The van der Waals surface area contributed by atoms with Gasteiger partial charge in [-0.1, -0.05) is 23.7 Å². The second kappa shape index (κ2) is 10.0. The average Bonchev–Trinajstić information content (AvgIpc) is 3.38. The fraction of sp³-hybridized carbons (Fsp3) is 0.370. The number of carbonyl (C=O) groups excluding carboxylic acids is 3. The number of aromatic nitrogens is 1. The molecule has 39 heavy (non-hydrogen) atoms. The number of nitrogens with zero attached hydrogens (tertiary/aromatic N) is 2. The molecule has 2 heterocycles. The summed E-state index contributed by atoms with van der Waals surface area (Å²) in [5.74, 6) is -0.349. The van der Waals surface area contributed by atoms with Crippen molar-refractivity contribution in [3.05, 3.63) is 59.0 Å². The predicted molar refractivity (Wildman–Crippen MR) is 143 cm³/mol. The zero-order valence-electron chi connectivity index (χ0n) is 21.4. The van der Waals surface area contributed by atoms with Crippen LogP contribution in [0.25, 0.3) is 10.9 Å². The molecule has 206 valence electrons. The highest BCUT2D eigenvalue weighted by atomic mass is 35.5. The van der Waals surface area contributed by atoms with Crippen LogP contribution >= 0.6 is 11.6 Å². The van der Waals surface area contributed by atoms with Gasteiger partial charge < -0.3 is 31.1 Å². The first-order chi connectivity index (χ1) is 18.4. The Balaban J connectivity index is 1.35. The molecule has 0 spiro atoms. The molecule has 2 aromatic carbocycles. The fourth-order valence-corrected chi connectivity index (χ4v) is 5.18. The number of piperidine rings is 1. The Kier molecular flexibility index (Phi) is 6.90. The molecule has 1 aromatic heterocycles. The molecule has 5 rings (SSSR count). The number of carbonyl (C=O) groups is 3. The normalized spacial score (nSPS) is 20.0. The Bertz CT molecular complexity index is 1470. The topological polar surface area (TPSA) is 139 Å². The van der Waals surface area contributed by atoms with Gasteiger partial charge in [-0.05, 0) is 56.9 Å². The van der Waals surface area contributed by atoms with Gasteiger partial charge in [-0.25, -0.2) is 14.0 Å². The summed E-state index contributed by atoms with van der Waals surface area (Å²) in [6.45, 7) is 3.19. The second-order valence-corrected chi connectivity index (χ2v) is 11.0. The van der Waals surface area contributed by atoms with Crippen LogP contribution in [0, 0.1) is 11.7 Å². The summed E-state index contributed by atoms with van der Waals surface area (Å²) in [6, 6.07) is 7.42. The first-order valence-electron chi connectivity index (χ1n) is 12.5. The number of hydrogen-bond donors (Lipinski definition) is 4. The minimum absolute atomic E-state index is 0.0312. The van der Waals surface area contributed by atoms with Crippen molar-refractivity contribution in [2.75, 3.05) is 11.9 Å². The minimum Gasteiger partial charge on any atom is -0.491 e. The molecule has 4 amide bonds. The SMILES string of the molecule is CC(C)(O)COc1ccc2c(c1)c(NC(=O)N1C3CC3C[C@H]1C(=O)NCc1cccc(Cl)c1F)cn2C(N)=O. The van der Waals surface area contributed by atoms with E-state index in [4.69, 9.17) is 22.1 Å². The van der Waals surface area contributed by atoms with Crippen LogP contribution in [-0.2, 0) is 11.3 Å². The molecule has 2 unspecified atom stereocenters. The molecule has 1 saturated heterocycles. The number of amides is 4. The summed E-state index contributed by atoms with van der Waals surface area (Å²) in [4.78, 5) is 40.1. The number of fused-ring (bicyclic) bond motifs is 2. The molecule has 1 aliphatic carbocycles. The van der Waals surface area contributed by atoms with Crippen molar-refractivity contribution >= 4 is 46.2 Å². The van der Waals surface area contributed by atoms with Gasteiger partial charge in [0, 0.05) is 29.7 Å². The molecule has 0 radical (unpaired) electrons. The number of aliphatic hydroxyl groups is 1. The van der Waals surface area contributed by atoms with E-state index in [0.29, 0.717) is 28.8 Å². The van der Waals surface area contributed by atoms with E-state index < -0.39 is 35.4 Å². The third-order valence-electron chi connectivity index (χ3n) is 6.97. The number of anilines is 1. The molecule has 0 bridgehead atoms. The molecular weight excluding hydrogens is 529 g/mol. The highest BCUT2D eigenvalue weighted by Gasteiger charge is 2.56. The van der Waals surface area contributed by atoms with Crippen LogP contribution < -0.4 is 21.1 Å². The van der Waals surface area contributed by atoms with Gasteiger partial charge in [0.2, 0.25) is 5.91 Å². The maximum absolute atomic E-state index is 14.3. The van der Waals surface area contributed by atoms with E-state index in [0.717, 1.165) is 6.42 Å². The van der Waals surface area contributed by atoms with E-state index >= 15 is 0 Å². The molecular formula is C27H29ClFN5O5. The third kappa shape index (κ3) is 5.50. The van der Waals surface area contributed by atoms with Gasteiger partial charge >= 0.3 is 12.1 Å². The maximum Gasteiger partial charge on any atom is 0.323 e. The zero-order valence-corrected chi connectivity index (χ0v) is 22.2. The van der Waals surface area contributed by atoms with E-state index in [9.17, 15) is 23.9 Å². The van der Waals surface area contributed by atoms with E-state index in [1.54, 1.807) is 38.1 Å². The van der Waals surface area contributed by atoms with Crippen molar-refractivity contribution in [3.63, 3.8) is 0 Å². The second-order valence-electron chi connectivity index (χ2n) is 10.6. The van der Waals surface area contributed by atoms with E-state index in [1.807, 2.05) is 0 Å². The number of ether oxygens (including phenoxy) is 1. The van der Waals surface area contributed by atoms with Crippen LogP contribution in [0.4, 0.5) is 19.7 Å². The number of hydrogen-bond acceptors (Lipinski definition) is 5. The van der Waals surface area contributed by atoms with E-state index in [2.05, 4.69) is 10.6 Å². The number of urea groups is 1. The lowest BCUT2D eigenvalue weighted by molar-refractivity contribution is -0.125. The summed E-state index contributed by atoms with van der Waals surface area (Å²) in [5.41, 5.74) is 5.50. The maximum atomic E-state index is 14.3. The number of rotatable bonds is 7. The lowest BCUT2D eigenvalue weighted by Crippen LogP contribution is -2.49. The summed E-state index contributed by atoms with van der Waals surface area (Å²) in [7, 11) is 0. The molecule has 10 nitrogen and oxygen atoms in total. The fourth-order valence-electron chi connectivity index (χ4n) is 4.99. The van der Waals surface area contributed by atoms with Gasteiger partial charge in [-0.2, -0.15) is 0 Å². The molecule has 1 saturated carbocycles. The monoisotopic (exact) mass is 557 g/mol. The molecule has 2 aliphatic rings. The predicted octanol–water partition coefficient (Wildman–Crippen LogP) is 3.82. The lowest BCUT2D eigenvalue weighted by Gasteiger charge is -2.27. The summed E-state index contributed by atoms with van der Waals surface area (Å²) in [5, 5.41) is 16.0. The summed E-state index contributed by atoms with van der Waals surface area (Å²) >= 11 is 5.83. The molecule has 1 aliphatic heterocycles. The number of benzene rings is 2. The van der Waals surface area contributed by atoms with Gasteiger partial charge in [0.05, 0.1) is 21.8 Å². The molecule has 12 heteroatoms. The molecule has 3 atom stereocenters. The lowest BCUT2D eigenvalue weighted by atomic mass is 10.1. The van der Waals surface area contributed by atoms with Crippen molar-refractivity contribution in [3.8, 4) is 5.75 Å². The highest BCUT2D eigenvalue weighted by molar-refractivity contribution is 6.30. The number of halogens is 2.